The highest BCUT2D eigenvalue weighted by atomic mass is 16.2. The minimum absolute atomic E-state index is 0.0455. The molecule has 2 aromatic rings. The standard InChI is InChI=1S/C21H24N4O2/c26-20(17-13-15-5-6-16(17)12-15)23-8-3-9-24(11-10-23)21(27)18-14-25-7-2-1-4-19(25)22-18/h1-2,4-7,14-17H,3,8-13H2/t15-,16+,17+/m1/s1. The number of carbonyl (C=O) groups excluding carboxylic acids is 2. The molecule has 0 unspecified atom stereocenters. The molecule has 2 fully saturated rings. The van der Waals surface area contributed by atoms with E-state index in [4.69, 9.17) is 0 Å². The lowest BCUT2D eigenvalue weighted by atomic mass is 9.92. The van der Waals surface area contributed by atoms with Gasteiger partial charge in [-0.25, -0.2) is 4.98 Å². The van der Waals surface area contributed by atoms with Crippen LogP contribution >= 0.6 is 0 Å². The van der Waals surface area contributed by atoms with Gasteiger partial charge in [-0.05, 0) is 43.2 Å². The molecule has 1 aliphatic heterocycles. The van der Waals surface area contributed by atoms with E-state index in [2.05, 4.69) is 17.1 Å². The Morgan fingerprint density at radius 2 is 1.85 bits per heavy atom. The van der Waals surface area contributed by atoms with Crippen molar-refractivity contribution >= 4 is 17.5 Å². The van der Waals surface area contributed by atoms with Gasteiger partial charge in [0.2, 0.25) is 5.91 Å². The molecule has 2 amide bonds. The van der Waals surface area contributed by atoms with Gasteiger partial charge in [-0.15, -0.1) is 0 Å². The van der Waals surface area contributed by atoms with Crippen LogP contribution in [0.25, 0.3) is 5.65 Å². The summed E-state index contributed by atoms with van der Waals surface area (Å²) in [6, 6.07) is 5.73. The molecular formula is C21H24N4O2. The minimum Gasteiger partial charge on any atom is -0.341 e. The van der Waals surface area contributed by atoms with Crippen LogP contribution in [0.5, 0.6) is 0 Å². The van der Waals surface area contributed by atoms with Crippen LogP contribution in [0.4, 0.5) is 0 Å². The first-order chi connectivity index (χ1) is 13.2. The molecule has 140 valence electrons. The fourth-order valence-electron chi connectivity index (χ4n) is 4.84. The number of fused-ring (bicyclic) bond motifs is 3. The molecule has 3 heterocycles. The van der Waals surface area contributed by atoms with Crippen LogP contribution in [0.2, 0.25) is 0 Å². The molecule has 2 aliphatic carbocycles. The van der Waals surface area contributed by atoms with Crippen LogP contribution in [-0.2, 0) is 4.79 Å². The Labute approximate surface area is 158 Å². The predicted molar refractivity (Wildman–Crippen MR) is 101 cm³/mol. The first-order valence-electron chi connectivity index (χ1n) is 9.89. The van der Waals surface area contributed by atoms with Crippen molar-refractivity contribution in [3.05, 3.63) is 48.4 Å². The SMILES string of the molecule is O=C(c1cn2ccccc2n1)N1CCCN(C(=O)[C@H]2C[C@@H]3C=C[C@H]2C3)CC1. The summed E-state index contributed by atoms with van der Waals surface area (Å²) in [6.07, 6.45) is 11.1. The lowest BCUT2D eigenvalue weighted by Gasteiger charge is -2.27. The molecule has 5 rings (SSSR count). The molecule has 2 bridgehead atoms. The quantitative estimate of drug-likeness (QED) is 0.768. The van der Waals surface area contributed by atoms with Crippen molar-refractivity contribution in [3.8, 4) is 0 Å². The smallest absolute Gasteiger partial charge is 0.274 e. The highest BCUT2D eigenvalue weighted by Gasteiger charge is 2.41. The minimum atomic E-state index is -0.0455. The summed E-state index contributed by atoms with van der Waals surface area (Å²) >= 11 is 0. The third-order valence-electron chi connectivity index (χ3n) is 6.27. The third kappa shape index (κ3) is 2.93. The number of allylic oxidation sites excluding steroid dienone is 2. The first-order valence-corrected chi connectivity index (χ1v) is 9.89. The van der Waals surface area contributed by atoms with E-state index in [-0.39, 0.29) is 17.7 Å². The lowest BCUT2D eigenvalue weighted by molar-refractivity contribution is -0.136. The summed E-state index contributed by atoms with van der Waals surface area (Å²) in [6.45, 7) is 2.61. The number of amides is 2. The predicted octanol–water partition coefficient (Wildman–Crippen LogP) is 2.22. The molecule has 3 aliphatic rings. The molecule has 0 spiro atoms. The highest BCUT2D eigenvalue weighted by molar-refractivity contribution is 5.93. The van der Waals surface area contributed by atoms with E-state index in [9.17, 15) is 9.59 Å². The van der Waals surface area contributed by atoms with E-state index in [0.717, 1.165) is 31.5 Å². The number of carbonyl (C=O) groups is 2. The van der Waals surface area contributed by atoms with Crippen LogP contribution in [0, 0.1) is 17.8 Å². The maximum atomic E-state index is 13.0. The van der Waals surface area contributed by atoms with E-state index in [1.807, 2.05) is 38.6 Å². The van der Waals surface area contributed by atoms with Gasteiger partial charge >= 0.3 is 0 Å². The van der Waals surface area contributed by atoms with Gasteiger partial charge in [0.15, 0.2) is 0 Å². The van der Waals surface area contributed by atoms with Gasteiger partial charge in [0.25, 0.3) is 5.91 Å². The van der Waals surface area contributed by atoms with Gasteiger partial charge in [0.1, 0.15) is 11.3 Å². The monoisotopic (exact) mass is 364 g/mol. The van der Waals surface area contributed by atoms with Crippen LogP contribution in [0.3, 0.4) is 0 Å². The zero-order chi connectivity index (χ0) is 18.4. The molecule has 27 heavy (non-hydrogen) atoms. The average molecular weight is 364 g/mol. The molecular weight excluding hydrogens is 340 g/mol. The molecule has 0 N–H and O–H groups in total. The van der Waals surface area contributed by atoms with E-state index in [1.54, 1.807) is 6.20 Å². The first kappa shape index (κ1) is 16.5. The Bertz CT molecular complexity index is 885. The fraction of sp³-hybridized carbons (Fsp3) is 0.476. The van der Waals surface area contributed by atoms with Crippen LogP contribution < -0.4 is 0 Å². The average Bonchev–Trinajstić information content (AvgIpc) is 3.38. The largest absolute Gasteiger partial charge is 0.341 e. The summed E-state index contributed by atoms with van der Waals surface area (Å²) in [4.78, 5) is 34.1. The van der Waals surface area contributed by atoms with Crippen molar-refractivity contribution in [2.24, 2.45) is 17.8 Å². The Hall–Kier alpha value is -2.63. The van der Waals surface area contributed by atoms with Gasteiger partial charge in [0.05, 0.1) is 0 Å². The summed E-state index contributed by atoms with van der Waals surface area (Å²) in [5.41, 5.74) is 1.25. The van der Waals surface area contributed by atoms with Crippen LogP contribution in [-0.4, -0.2) is 57.2 Å². The highest BCUT2D eigenvalue weighted by Crippen LogP contribution is 2.44. The molecule has 0 aromatic carbocycles. The van der Waals surface area contributed by atoms with E-state index < -0.39 is 0 Å². The molecule has 1 saturated heterocycles. The number of hydrogen-bond acceptors (Lipinski definition) is 3. The van der Waals surface area contributed by atoms with Gasteiger partial charge in [-0.2, -0.15) is 0 Å². The van der Waals surface area contributed by atoms with E-state index in [1.165, 1.54) is 0 Å². The summed E-state index contributed by atoms with van der Waals surface area (Å²) < 4.78 is 1.86. The summed E-state index contributed by atoms with van der Waals surface area (Å²) in [7, 11) is 0. The van der Waals surface area contributed by atoms with Gasteiger partial charge < -0.3 is 14.2 Å². The molecule has 6 heteroatoms. The molecule has 1 saturated carbocycles. The van der Waals surface area contributed by atoms with Gasteiger partial charge in [-0.3, -0.25) is 9.59 Å². The maximum absolute atomic E-state index is 13.0. The van der Waals surface area contributed by atoms with Gasteiger partial charge in [0, 0.05) is 44.5 Å². The van der Waals surface area contributed by atoms with Crippen molar-refractivity contribution in [2.45, 2.75) is 19.3 Å². The second-order valence-corrected chi connectivity index (χ2v) is 7.95. The van der Waals surface area contributed by atoms with Crippen molar-refractivity contribution in [3.63, 3.8) is 0 Å². The normalized spacial score (nSPS) is 27.3. The second kappa shape index (κ2) is 6.51. The van der Waals surface area contributed by atoms with E-state index in [0.29, 0.717) is 37.2 Å². The number of aromatic nitrogens is 2. The maximum Gasteiger partial charge on any atom is 0.274 e. The lowest BCUT2D eigenvalue weighted by Crippen LogP contribution is -2.41. The Morgan fingerprint density at radius 3 is 2.63 bits per heavy atom. The molecule has 6 nitrogen and oxygen atoms in total. The van der Waals surface area contributed by atoms with Crippen molar-refractivity contribution < 1.29 is 9.59 Å². The van der Waals surface area contributed by atoms with Crippen LogP contribution in [0.15, 0.2) is 42.7 Å². The van der Waals surface area contributed by atoms with Crippen molar-refractivity contribution in [1.29, 1.82) is 0 Å². The van der Waals surface area contributed by atoms with Crippen molar-refractivity contribution in [2.75, 3.05) is 26.2 Å². The summed E-state index contributed by atoms with van der Waals surface area (Å²) in [5.74, 6) is 1.43. The number of pyridine rings is 1. The number of hydrogen-bond donors (Lipinski definition) is 0. The second-order valence-electron chi connectivity index (χ2n) is 7.95. The Balaban J connectivity index is 1.26. The fourth-order valence-corrected chi connectivity index (χ4v) is 4.84. The zero-order valence-electron chi connectivity index (χ0n) is 15.3. The van der Waals surface area contributed by atoms with Crippen LogP contribution in [0.1, 0.15) is 29.8 Å². The van der Waals surface area contributed by atoms with Gasteiger partial charge in [-0.1, -0.05) is 18.2 Å². The number of nitrogens with zero attached hydrogens (tertiary/aromatic N) is 4. The number of rotatable bonds is 2. The summed E-state index contributed by atoms with van der Waals surface area (Å²) in [5, 5.41) is 0. The molecule has 2 aromatic heterocycles. The van der Waals surface area contributed by atoms with E-state index >= 15 is 0 Å². The number of imidazole rings is 1. The zero-order valence-corrected chi connectivity index (χ0v) is 15.3. The topological polar surface area (TPSA) is 57.9 Å². The Morgan fingerprint density at radius 1 is 1.00 bits per heavy atom. The Kier molecular flexibility index (Phi) is 3.99. The molecule has 3 atom stereocenters. The third-order valence-corrected chi connectivity index (χ3v) is 6.27. The van der Waals surface area contributed by atoms with Crippen molar-refractivity contribution in [1.82, 2.24) is 19.2 Å². The molecule has 0 radical (unpaired) electrons.